The second-order valence-corrected chi connectivity index (χ2v) is 4.59. The maximum atomic E-state index is 11.9. The van der Waals surface area contributed by atoms with Crippen LogP contribution in [-0.4, -0.2) is 16.0 Å². The zero-order valence-electron chi connectivity index (χ0n) is 9.73. The molecule has 0 radical (unpaired) electrons. The summed E-state index contributed by atoms with van der Waals surface area (Å²) in [5.74, 6) is -0.206. The van der Waals surface area contributed by atoms with E-state index in [1.54, 1.807) is 24.3 Å². The second kappa shape index (κ2) is 5.91. The van der Waals surface area contributed by atoms with E-state index < -0.39 is 0 Å². The van der Waals surface area contributed by atoms with E-state index in [-0.39, 0.29) is 28.5 Å². The molecule has 98 valence electrons. The lowest BCUT2D eigenvalue weighted by atomic mass is 10.2. The Hall–Kier alpha value is -1.78. The van der Waals surface area contributed by atoms with Crippen LogP contribution in [0.15, 0.2) is 36.4 Å². The fourth-order valence-electron chi connectivity index (χ4n) is 1.53. The molecule has 0 spiro atoms. The van der Waals surface area contributed by atoms with E-state index in [0.717, 1.165) is 0 Å². The molecular weight excluding hydrogens is 287 g/mol. The van der Waals surface area contributed by atoms with E-state index in [1.807, 2.05) is 0 Å². The Morgan fingerprint density at radius 2 is 1.84 bits per heavy atom. The fourth-order valence-corrected chi connectivity index (χ4v) is 1.99. The molecule has 0 aliphatic heterocycles. The van der Waals surface area contributed by atoms with Crippen LogP contribution in [-0.2, 0) is 6.54 Å². The SMILES string of the molecule is O=C(NCc1ccccc1O)c1cc(Cl)nc(Cl)c1. The van der Waals surface area contributed by atoms with Crippen molar-refractivity contribution in [3.05, 3.63) is 57.8 Å². The summed E-state index contributed by atoms with van der Waals surface area (Å²) in [5, 5.41) is 12.6. The minimum atomic E-state index is -0.338. The van der Waals surface area contributed by atoms with Crippen LogP contribution in [0.4, 0.5) is 0 Å². The van der Waals surface area contributed by atoms with Crippen molar-refractivity contribution in [3.63, 3.8) is 0 Å². The molecule has 1 aromatic heterocycles. The van der Waals surface area contributed by atoms with Gasteiger partial charge in [-0.3, -0.25) is 4.79 Å². The molecule has 19 heavy (non-hydrogen) atoms. The molecule has 1 heterocycles. The molecule has 6 heteroatoms. The maximum absolute atomic E-state index is 11.9. The Labute approximate surface area is 120 Å². The van der Waals surface area contributed by atoms with Gasteiger partial charge in [-0.2, -0.15) is 0 Å². The van der Waals surface area contributed by atoms with Gasteiger partial charge in [-0.1, -0.05) is 41.4 Å². The van der Waals surface area contributed by atoms with Crippen molar-refractivity contribution < 1.29 is 9.90 Å². The third kappa shape index (κ3) is 3.59. The summed E-state index contributed by atoms with van der Waals surface area (Å²) in [7, 11) is 0. The van der Waals surface area contributed by atoms with Crippen LogP contribution >= 0.6 is 23.2 Å². The highest BCUT2D eigenvalue weighted by Crippen LogP contribution is 2.17. The molecule has 2 N–H and O–H groups in total. The van der Waals surface area contributed by atoms with Gasteiger partial charge in [0, 0.05) is 17.7 Å². The normalized spacial score (nSPS) is 10.2. The standard InChI is InChI=1S/C13H10Cl2N2O2/c14-11-5-9(6-12(15)17-11)13(19)16-7-8-3-1-2-4-10(8)18/h1-6,18H,7H2,(H,16,19). The first-order chi connectivity index (χ1) is 9.06. The van der Waals surface area contributed by atoms with Crippen LogP contribution in [0.3, 0.4) is 0 Å². The number of phenolic OH excluding ortho intramolecular Hbond substituents is 1. The zero-order chi connectivity index (χ0) is 13.8. The number of pyridine rings is 1. The van der Waals surface area contributed by atoms with Gasteiger partial charge in [-0.05, 0) is 18.2 Å². The zero-order valence-corrected chi connectivity index (χ0v) is 11.2. The van der Waals surface area contributed by atoms with E-state index in [1.165, 1.54) is 12.1 Å². The monoisotopic (exact) mass is 296 g/mol. The quantitative estimate of drug-likeness (QED) is 0.856. The average molecular weight is 297 g/mol. The summed E-state index contributed by atoms with van der Waals surface area (Å²) in [6.45, 7) is 0.211. The Kier molecular flexibility index (Phi) is 4.24. The van der Waals surface area contributed by atoms with Crippen LogP contribution in [0.25, 0.3) is 0 Å². The molecule has 0 aliphatic rings. The highest BCUT2D eigenvalue weighted by molar-refractivity contribution is 6.33. The third-order valence-corrected chi connectivity index (χ3v) is 2.84. The number of aromatic hydroxyl groups is 1. The summed E-state index contributed by atoms with van der Waals surface area (Å²) < 4.78 is 0. The first-order valence-corrected chi connectivity index (χ1v) is 6.20. The number of carbonyl (C=O) groups excluding carboxylic acids is 1. The highest BCUT2D eigenvalue weighted by atomic mass is 35.5. The number of para-hydroxylation sites is 1. The van der Waals surface area contributed by atoms with Gasteiger partial charge in [0.25, 0.3) is 5.91 Å². The lowest BCUT2D eigenvalue weighted by Gasteiger charge is -2.07. The number of hydrogen-bond donors (Lipinski definition) is 2. The molecular formula is C13H10Cl2N2O2. The van der Waals surface area contributed by atoms with Gasteiger partial charge in [0.05, 0.1) is 0 Å². The van der Waals surface area contributed by atoms with Gasteiger partial charge in [-0.25, -0.2) is 4.98 Å². The number of halogens is 2. The molecule has 0 bridgehead atoms. The Balaban J connectivity index is 2.08. The van der Waals surface area contributed by atoms with Gasteiger partial charge in [-0.15, -0.1) is 0 Å². The van der Waals surface area contributed by atoms with Gasteiger partial charge in [0.1, 0.15) is 16.1 Å². The number of nitrogens with one attached hydrogen (secondary N) is 1. The number of rotatable bonds is 3. The Morgan fingerprint density at radius 3 is 2.47 bits per heavy atom. The molecule has 4 nitrogen and oxygen atoms in total. The maximum Gasteiger partial charge on any atom is 0.251 e. The molecule has 0 atom stereocenters. The van der Waals surface area contributed by atoms with Gasteiger partial charge in [0.15, 0.2) is 0 Å². The van der Waals surface area contributed by atoms with E-state index in [0.29, 0.717) is 11.1 Å². The first kappa shape index (κ1) is 13.6. The van der Waals surface area contributed by atoms with Gasteiger partial charge < -0.3 is 10.4 Å². The number of hydrogen-bond acceptors (Lipinski definition) is 3. The summed E-state index contributed by atoms with van der Waals surface area (Å²) in [6.07, 6.45) is 0. The highest BCUT2D eigenvalue weighted by Gasteiger charge is 2.09. The number of phenols is 1. The molecule has 2 aromatic rings. The van der Waals surface area contributed by atoms with E-state index >= 15 is 0 Å². The van der Waals surface area contributed by atoms with Crippen molar-refractivity contribution in [2.45, 2.75) is 6.54 Å². The van der Waals surface area contributed by atoms with E-state index in [9.17, 15) is 9.90 Å². The van der Waals surface area contributed by atoms with Crippen LogP contribution in [0.5, 0.6) is 5.75 Å². The number of carbonyl (C=O) groups is 1. The largest absolute Gasteiger partial charge is 0.508 e. The van der Waals surface area contributed by atoms with Crippen LogP contribution in [0, 0.1) is 0 Å². The minimum absolute atomic E-state index is 0.133. The number of nitrogens with zero attached hydrogens (tertiary/aromatic N) is 1. The van der Waals surface area contributed by atoms with Crippen molar-refractivity contribution in [1.82, 2.24) is 10.3 Å². The van der Waals surface area contributed by atoms with Crippen LogP contribution in [0.1, 0.15) is 15.9 Å². The van der Waals surface area contributed by atoms with Crippen molar-refractivity contribution in [2.75, 3.05) is 0 Å². The van der Waals surface area contributed by atoms with Crippen molar-refractivity contribution in [3.8, 4) is 5.75 Å². The Morgan fingerprint density at radius 1 is 1.21 bits per heavy atom. The molecule has 2 rings (SSSR count). The van der Waals surface area contributed by atoms with Crippen molar-refractivity contribution in [1.29, 1.82) is 0 Å². The minimum Gasteiger partial charge on any atom is -0.508 e. The summed E-state index contributed by atoms with van der Waals surface area (Å²) in [6, 6.07) is 9.62. The van der Waals surface area contributed by atoms with E-state index in [4.69, 9.17) is 23.2 Å². The van der Waals surface area contributed by atoms with Crippen LogP contribution < -0.4 is 5.32 Å². The van der Waals surface area contributed by atoms with Gasteiger partial charge >= 0.3 is 0 Å². The molecule has 0 fully saturated rings. The average Bonchev–Trinajstić information content (AvgIpc) is 2.36. The smallest absolute Gasteiger partial charge is 0.251 e. The Bertz CT molecular complexity index is 597. The number of benzene rings is 1. The van der Waals surface area contributed by atoms with Gasteiger partial charge in [0.2, 0.25) is 0 Å². The third-order valence-electron chi connectivity index (χ3n) is 2.46. The molecule has 0 saturated carbocycles. The number of amides is 1. The predicted molar refractivity (Wildman–Crippen MR) is 73.5 cm³/mol. The van der Waals surface area contributed by atoms with E-state index in [2.05, 4.69) is 10.3 Å². The molecule has 0 unspecified atom stereocenters. The number of aromatic nitrogens is 1. The topological polar surface area (TPSA) is 62.2 Å². The lowest BCUT2D eigenvalue weighted by Crippen LogP contribution is -2.22. The predicted octanol–water partition coefficient (Wildman–Crippen LogP) is 3.02. The summed E-state index contributed by atoms with van der Waals surface area (Å²) >= 11 is 11.4. The summed E-state index contributed by atoms with van der Waals surface area (Å²) in [4.78, 5) is 15.7. The second-order valence-electron chi connectivity index (χ2n) is 3.81. The molecule has 1 aromatic carbocycles. The molecule has 0 saturated heterocycles. The first-order valence-electron chi connectivity index (χ1n) is 5.44. The van der Waals surface area contributed by atoms with Crippen molar-refractivity contribution in [2.24, 2.45) is 0 Å². The lowest BCUT2D eigenvalue weighted by molar-refractivity contribution is 0.0950. The fraction of sp³-hybridized carbons (Fsp3) is 0.0769. The summed E-state index contributed by atoms with van der Waals surface area (Å²) in [5.41, 5.74) is 0.947. The van der Waals surface area contributed by atoms with Crippen molar-refractivity contribution >= 4 is 29.1 Å². The molecule has 0 aliphatic carbocycles. The van der Waals surface area contributed by atoms with Crippen LogP contribution in [0.2, 0.25) is 10.3 Å². The molecule has 1 amide bonds.